The fraction of sp³-hybridized carbons (Fsp3) is 0.0606. The summed E-state index contributed by atoms with van der Waals surface area (Å²) in [5.74, 6) is 1.78. The first kappa shape index (κ1) is 60.1. The van der Waals surface area contributed by atoms with E-state index in [1.54, 1.807) is 0 Å². The molecule has 0 unspecified atom stereocenters. The summed E-state index contributed by atoms with van der Waals surface area (Å²) in [6.45, 7) is 9.44. The number of benzene rings is 15. The van der Waals surface area contributed by atoms with Gasteiger partial charge in [-0.25, -0.2) is 15.0 Å². The molecule has 22 rings (SSSR count). The third-order valence-corrected chi connectivity index (χ3v) is 23.4. The highest BCUT2D eigenvalue weighted by Crippen LogP contribution is 2.52. The second-order valence-electron chi connectivity index (χ2n) is 29.9. The molecule has 15 aromatic carbocycles. The molecule has 7 nitrogen and oxygen atoms in total. The molecular formula is C99H67N7. The van der Waals surface area contributed by atoms with E-state index in [1.807, 2.05) is 18.2 Å². The van der Waals surface area contributed by atoms with Crippen molar-refractivity contribution in [1.29, 1.82) is 0 Å². The molecule has 0 saturated carbocycles. The van der Waals surface area contributed by atoms with E-state index in [0.717, 1.165) is 61.3 Å². The number of nitrogens with zero attached hydrogens (tertiary/aromatic N) is 7. The van der Waals surface area contributed by atoms with Crippen molar-refractivity contribution in [3.8, 4) is 101 Å². The van der Waals surface area contributed by atoms with Gasteiger partial charge in [0.2, 0.25) is 0 Å². The minimum atomic E-state index is -0.103. The maximum Gasteiger partial charge on any atom is 0.164 e. The van der Waals surface area contributed by atoms with Crippen molar-refractivity contribution in [2.45, 2.75) is 38.5 Å². The van der Waals surface area contributed by atoms with E-state index < -0.39 is 0 Å². The van der Waals surface area contributed by atoms with E-state index in [0.29, 0.717) is 17.5 Å². The van der Waals surface area contributed by atoms with E-state index in [1.165, 1.54) is 132 Å². The first-order valence-corrected chi connectivity index (χ1v) is 36.7. The molecular weight excluding hydrogens is 1290 g/mol. The third-order valence-electron chi connectivity index (χ3n) is 23.4. The van der Waals surface area contributed by atoms with E-state index in [-0.39, 0.29) is 10.8 Å². The number of rotatable bonds is 9. The Balaban J connectivity index is 0.610. The van der Waals surface area contributed by atoms with Crippen molar-refractivity contribution < 1.29 is 0 Å². The average Bonchev–Trinajstić information content (AvgIpc) is 1.58. The standard InChI is InChI=1S/C99H67N7/c1-98(2)83-34-14-8-28-71(83)73-46-44-69(58-85(73)98)105-89-38-18-12-32-77(89)81-56-63(42-50-93(81)105)61-40-48-91-79(54-61)75-30-10-16-36-87(75)103(91)67-26-20-24-65(52-67)96-100-95(60-22-6-5-7-23-60)101-97(102-96)66-25-21-27-68(53-66)104-88-37-17-11-31-76(88)80-55-62(41-49-92(80)104)64-43-51-94-82(57-64)78-33-13-19-39-90(78)106(94)70-45-47-74-72-29-9-15-35-84(72)99(3,4)86(74)59-70/h5-59H,1-4H3. The number of para-hydroxylation sites is 4. The minimum Gasteiger partial charge on any atom is -0.309 e. The monoisotopic (exact) mass is 1350 g/mol. The Morgan fingerprint density at radius 3 is 0.840 bits per heavy atom. The van der Waals surface area contributed by atoms with Crippen molar-refractivity contribution >= 4 is 87.2 Å². The zero-order valence-corrected chi connectivity index (χ0v) is 58.9. The van der Waals surface area contributed by atoms with E-state index in [2.05, 4.69) is 361 Å². The van der Waals surface area contributed by atoms with Crippen molar-refractivity contribution in [1.82, 2.24) is 33.2 Å². The van der Waals surface area contributed by atoms with Crippen LogP contribution in [0.2, 0.25) is 0 Å². The first-order chi connectivity index (χ1) is 52.1. The Hall–Kier alpha value is -13.5. The highest BCUT2D eigenvalue weighted by atomic mass is 15.0. The predicted molar refractivity (Wildman–Crippen MR) is 439 cm³/mol. The van der Waals surface area contributed by atoms with Crippen LogP contribution in [0.3, 0.4) is 0 Å². The van der Waals surface area contributed by atoms with Crippen LogP contribution in [0.25, 0.3) is 189 Å². The van der Waals surface area contributed by atoms with Gasteiger partial charge in [0.25, 0.3) is 0 Å². The molecule has 0 bridgehead atoms. The molecule has 0 aliphatic heterocycles. The average molecular weight is 1350 g/mol. The molecule has 2 aliphatic rings. The van der Waals surface area contributed by atoms with E-state index in [9.17, 15) is 0 Å². The van der Waals surface area contributed by atoms with Crippen LogP contribution in [0.4, 0.5) is 0 Å². The maximum atomic E-state index is 5.41. The summed E-state index contributed by atoms with van der Waals surface area (Å²) in [5.41, 5.74) is 31.6. The summed E-state index contributed by atoms with van der Waals surface area (Å²) in [4.78, 5) is 16.0. The summed E-state index contributed by atoms with van der Waals surface area (Å²) in [6.07, 6.45) is 0. The molecule has 5 aromatic heterocycles. The lowest BCUT2D eigenvalue weighted by Gasteiger charge is -2.22. The van der Waals surface area contributed by atoms with Gasteiger partial charge in [0.05, 0.1) is 44.1 Å². The Kier molecular flexibility index (Phi) is 12.8. The zero-order chi connectivity index (χ0) is 70.3. The normalized spacial score (nSPS) is 13.4. The third kappa shape index (κ3) is 8.83. The van der Waals surface area contributed by atoms with Gasteiger partial charge in [-0.3, -0.25) is 0 Å². The topological polar surface area (TPSA) is 58.4 Å². The predicted octanol–water partition coefficient (Wildman–Crippen LogP) is 25.2. The van der Waals surface area contributed by atoms with Crippen LogP contribution in [-0.4, -0.2) is 33.2 Å². The number of aromatic nitrogens is 7. The SMILES string of the molecule is CC1(C)c2ccccc2-c2ccc(-n3c4ccccc4c4cc(-c5ccc6c(c5)c5ccccc5n6-c5cccc(-c6nc(-c7ccccc7)nc(-c7cccc(-n8c9ccccc9c9cc(-c%10ccc%11c(c%10)c%10ccccc%10n%11-c%10ccc%11c(c%10)C(C)(C)c%10ccccc%10-%11)ccc98)c7)n6)c5)ccc43)cc21. The van der Waals surface area contributed by atoms with Crippen LogP contribution in [0.1, 0.15) is 49.9 Å². The molecule has 106 heavy (non-hydrogen) atoms. The molecule has 0 fully saturated rings. The molecule has 20 aromatic rings. The van der Waals surface area contributed by atoms with Crippen LogP contribution in [-0.2, 0) is 10.8 Å². The molecule has 0 N–H and O–H groups in total. The van der Waals surface area contributed by atoms with E-state index >= 15 is 0 Å². The quantitative estimate of drug-likeness (QED) is 0.145. The lowest BCUT2D eigenvalue weighted by Crippen LogP contribution is -2.15. The molecule has 0 spiro atoms. The first-order valence-electron chi connectivity index (χ1n) is 36.7. The van der Waals surface area contributed by atoms with Crippen molar-refractivity contribution in [3.05, 3.63) is 356 Å². The van der Waals surface area contributed by atoms with E-state index in [4.69, 9.17) is 15.0 Å². The summed E-state index contributed by atoms with van der Waals surface area (Å²) < 4.78 is 9.68. The van der Waals surface area contributed by atoms with Gasteiger partial charge in [-0.15, -0.1) is 0 Å². The molecule has 0 radical (unpaired) electrons. The van der Waals surface area contributed by atoms with Gasteiger partial charge in [0, 0.05) is 93.4 Å². The van der Waals surface area contributed by atoms with Crippen LogP contribution in [0.5, 0.6) is 0 Å². The summed E-state index contributed by atoms with van der Waals surface area (Å²) in [7, 11) is 0. The molecule has 0 atom stereocenters. The molecule has 498 valence electrons. The molecule has 7 heteroatoms. The van der Waals surface area contributed by atoms with Gasteiger partial charge >= 0.3 is 0 Å². The zero-order valence-electron chi connectivity index (χ0n) is 58.9. The Morgan fingerprint density at radius 1 is 0.189 bits per heavy atom. The van der Waals surface area contributed by atoms with Crippen LogP contribution in [0, 0.1) is 0 Å². The fourth-order valence-corrected chi connectivity index (χ4v) is 18.3. The minimum absolute atomic E-state index is 0.103. The lowest BCUT2D eigenvalue weighted by molar-refractivity contribution is 0.660. The second-order valence-corrected chi connectivity index (χ2v) is 29.9. The van der Waals surface area contributed by atoms with Gasteiger partial charge in [0.1, 0.15) is 0 Å². The van der Waals surface area contributed by atoms with Crippen molar-refractivity contribution in [3.63, 3.8) is 0 Å². The van der Waals surface area contributed by atoms with Crippen LogP contribution < -0.4 is 0 Å². The van der Waals surface area contributed by atoms with Gasteiger partial charge in [-0.05, 0) is 188 Å². The molecule has 0 saturated heterocycles. The molecule has 2 aliphatic carbocycles. The van der Waals surface area contributed by atoms with Crippen molar-refractivity contribution in [2.24, 2.45) is 0 Å². The van der Waals surface area contributed by atoms with Crippen LogP contribution in [0.15, 0.2) is 334 Å². The molecule has 0 amide bonds. The van der Waals surface area contributed by atoms with Crippen molar-refractivity contribution in [2.75, 3.05) is 0 Å². The highest BCUT2D eigenvalue weighted by Gasteiger charge is 2.37. The largest absolute Gasteiger partial charge is 0.309 e. The Labute approximate surface area is 612 Å². The Bertz CT molecular complexity index is 6750. The molecule has 5 heterocycles. The smallest absolute Gasteiger partial charge is 0.164 e. The lowest BCUT2D eigenvalue weighted by atomic mass is 9.82. The number of hydrogen-bond acceptors (Lipinski definition) is 3. The summed E-state index contributed by atoms with van der Waals surface area (Å²) >= 11 is 0. The number of fused-ring (bicyclic) bond motifs is 18. The summed E-state index contributed by atoms with van der Waals surface area (Å²) in [5, 5.41) is 9.65. The second kappa shape index (κ2) is 22.5. The van der Waals surface area contributed by atoms with Gasteiger partial charge in [-0.2, -0.15) is 0 Å². The summed E-state index contributed by atoms with van der Waals surface area (Å²) in [6, 6.07) is 123. The Morgan fingerprint density at radius 2 is 0.472 bits per heavy atom. The van der Waals surface area contributed by atoms with Crippen LogP contribution >= 0.6 is 0 Å². The van der Waals surface area contributed by atoms with Gasteiger partial charge in [-0.1, -0.05) is 240 Å². The van der Waals surface area contributed by atoms with Gasteiger partial charge < -0.3 is 18.3 Å². The van der Waals surface area contributed by atoms with Gasteiger partial charge in [0.15, 0.2) is 17.5 Å². The fourth-order valence-electron chi connectivity index (χ4n) is 18.3. The maximum absolute atomic E-state index is 5.41. The number of hydrogen-bond donors (Lipinski definition) is 0. The highest BCUT2D eigenvalue weighted by molar-refractivity contribution is 6.15.